The summed E-state index contributed by atoms with van der Waals surface area (Å²) in [5.41, 5.74) is 14.1. The Kier molecular flexibility index (Phi) is 7.13. The lowest BCUT2D eigenvalue weighted by Crippen LogP contribution is -2.04. The number of benzene rings is 5. The smallest absolute Gasteiger partial charge is 0.0273 e. The third kappa shape index (κ3) is 5.07. The van der Waals surface area contributed by atoms with Crippen LogP contribution >= 0.6 is 0 Å². The molecule has 0 spiro atoms. The fourth-order valence-electron chi connectivity index (χ4n) is 7.78. The van der Waals surface area contributed by atoms with Crippen LogP contribution < -0.4 is 0 Å². The predicted molar refractivity (Wildman–Crippen MR) is 201 cm³/mol. The van der Waals surface area contributed by atoms with Crippen molar-refractivity contribution < 1.29 is 0 Å². The van der Waals surface area contributed by atoms with Gasteiger partial charge in [-0.2, -0.15) is 0 Å². The number of nitrogens with zero attached hydrogens (tertiary/aromatic N) is 2. The van der Waals surface area contributed by atoms with Crippen molar-refractivity contribution in [3.63, 3.8) is 0 Å². The van der Waals surface area contributed by atoms with Crippen LogP contribution in [0.25, 0.3) is 61.0 Å². The number of aromatic nitrogens is 2. The van der Waals surface area contributed by atoms with E-state index in [9.17, 15) is 0 Å². The van der Waals surface area contributed by atoms with E-state index in [0.717, 1.165) is 19.3 Å². The van der Waals surface area contributed by atoms with Crippen molar-refractivity contribution >= 4 is 38.8 Å². The van der Waals surface area contributed by atoms with Crippen LogP contribution in [-0.4, -0.2) is 9.97 Å². The Hall–Kier alpha value is -5.86. The Balaban J connectivity index is 1.15. The first-order chi connectivity index (χ1) is 23.8. The fraction of sp³-hybridized carbons (Fsp3) is 0.0870. The number of pyridine rings is 2. The number of allylic oxidation sites excluding steroid dienone is 5. The molecule has 0 amide bonds. The van der Waals surface area contributed by atoms with Gasteiger partial charge in [0.05, 0.1) is 0 Å². The van der Waals surface area contributed by atoms with Gasteiger partial charge in [0.15, 0.2) is 0 Å². The minimum Gasteiger partial charge on any atom is -0.265 e. The molecular formula is C46H34N2. The van der Waals surface area contributed by atoms with Crippen molar-refractivity contribution in [3.8, 4) is 22.3 Å². The number of hydrogen-bond donors (Lipinski definition) is 0. The molecule has 2 nitrogen and oxygen atoms in total. The van der Waals surface area contributed by atoms with Gasteiger partial charge in [-0.3, -0.25) is 9.97 Å². The summed E-state index contributed by atoms with van der Waals surface area (Å²) in [6.45, 7) is 0. The SMILES string of the molecule is C1=Cc2c(c3ccc(-c4ccccc4-c4cccc(C5=CC(c6ccncc6)=CC(c6ccncc6)C5)c4)cc3c3ccccc23)CC1. The normalized spacial score (nSPS) is 15.6. The van der Waals surface area contributed by atoms with Crippen molar-refractivity contribution in [2.45, 2.75) is 25.2 Å². The standard InChI is InChI=1S/C46H34N2/c1-2-11-40(35-16-17-45-43-14-4-3-12-41(43)42-13-5-6-15-44(42)46(45)30-35)39(10-1)34-9-7-8-33(26-34)38-28-36(31-18-22-47-23-19-31)27-37(29-38)32-20-24-48-25-21-32/h1-3,5-13,15-28,30,37H,4,14,29H2. The third-order valence-electron chi connectivity index (χ3n) is 10.1. The molecule has 0 radical (unpaired) electrons. The van der Waals surface area contributed by atoms with Crippen LogP contribution in [0.1, 0.15) is 46.6 Å². The molecule has 0 fully saturated rings. The summed E-state index contributed by atoms with van der Waals surface area (Å²) in [7, 11) is 0. The monoisotopic (exact) mass is 614 g/mol. The average Bonchev–Trinajstić information content (AvgIpc) is 3.18. The number of fused-ring (bicyclic) bond motifs is 6. The summed E-state index contributed by atoms with van der Waals surface area (Å²) >= 11 is 0. The molecule has 2 aromatic heterocycles. The van der Waals surface area contributed by atoms with E-state index in [-0.39, 0.29) is 5.92 Å². The molecule has 0 saturated carbocycles. The fourth-order valence-corrected chi connectivity index (χ4v) is 7.78. The first-order valence-corrected chi connectivity index (χ1v) is 16.9. The van der Waals surface area contributed by atoms with E-state index in [1.54, 1.807) is 0 Å². The summed E-state index contributed by atoms with van der Waals surface area (Å²) in [4.78, 5) is 8.54. The van der Waals surface area contributed by atoms with Crippen molar-refractivity contribution in [1.82, 2.24) is 9.97 Å². The quantitative estimate of drug-likeness (QED) is 0.180. The van der Waals surface area contributed by atoms with E-state index in [4.69, 9.17) is 0 Å². The van der Waals surface area contributed by atoms with Gasteiger partial charge < -0.3 is 0 Å². The van der Waals surface area contributed by atoms with Crippen LogP contribution in [0.5, 0.6) is 0 Å². The van der Waals surface area contributed by atoms with E-state index in [1.807, 2.05) is 24.8 Å². The molecule has 0 N–H and O–H groups in total. The highest BCUT2D eigenvalue weighted by molar-refractivity contribution is 6.14. The second-order valence-electron chi connectivity index (χ2n) is 12.9. The highest BCUT2D eigenvalue weighted by atomic mass is 14.6. The van der Waals surface area contributed by atoms with Gasteiger partial charge in [0.2, 0.25) is 0 Å². The van der Waals surface area contributed by atoms with Gasteiger partial charge in [-0.15, -0.1) is 0 Å². The topological polar surface area (TPSA) is 25.8 Å². The summed E-state index contributed by atoms with van der Waals surface area (Å²) in [6.07, 6.45) is 20.1. The lowest BCUT2D eigenvalue weighted by Gasteiger charge is -2.23. The van der Waals surface area contributed by atoms with Gasteiger partial charge in [-0.05, 0) is 138 Å². The molecule has 48 heavy (non-hydrogen) atoms. The molecule has 228 valence electrons. The molecule has 1 atom stereocenters. The Morgan fingerprint density at radius 2 is 1.25 bits per heavy atom. The zero-order valence-corrected chi connectivity index (χ0v) is 26.7. The highest BCUT2D eigenvalue weighted by Crippen LogP contribution is 2.42. The van der Waals surface area contributed by atoms with Crippen LogP contribution in [0, 0.1) is 0 Å². The first-order valence-electron chi connectivity index (χ1n) is 16.9. The van der Waals surface area contributed by atoms with Gasteiger partial charge in [0.1, 0.15) is 0 Å². The summed E-state index contributed by atoms with van der Waals surface area (Å²) in [5.74, 6) is 0.265. The maximum atomic E-state index is 4.28. The third-order valence-corrected chi connectivity index (χ3v) is 10.1. The van der Waals surface area contributed by atoms with Crippen LogP contribution in [0.4, 0.5) is 0 Å². The lowest BCUT2D eigenvalue weighted by atomic mass is 9.81. The van der Waals surface area contributed by atoms with Crippen LogP contribution in [0.3, 0.4) is 0 Å². The van der Waals surface area contributed by atoms with Crippen molar-refractivity contribution in [3.05, 3.63) is 186 Å². The molecule has 1 unspecified atom stereocenters. The maximum Gasteiger partial charge on any atom is 0.0273 e. The number of hydrogen-bond acceptors (Lipinski definition) is 2. The van der Waals surface area contributed by atoms with Crippen molar-refractivity contribution in [1.29, 1.82) is 0 Å². The molecule has 0 saturated heterocycles. The summed E-state index contributed by atoms with van der Waals surface area (Å²) < 4.78 is 0. The molecule has 7 aromatic rings. The molecule has 5 aromatic carbocycles. The molecule has 2 heterocycles. The Labute approximate surface area is 281 Å². The minimum atomic E-state index is 0.265. The molecule has 0 aliphatic heterocycles. The van der Waals surface area contributed by atoms with Crippen LogP contribution in [0.2, 0.25) is 0 Å². The minimum absolute atomic E-state index is 0.265. The van der Waals surface area contributed by atoms with Gasteiger partial charge in [-0.25, -0.2) is 0 Å². The Bertz CT molecular complexity index is 2420. The van der Waals surface area contributed by atoms with E-state index >= 15 is 0 Å². The zero-order chi connectivity index (χ0) is 31.9. The zero-order valence-electron chi connectivity index (χ0n) is 26.7. The van der Waals surface area contributed by atoms with Crippen molar-refractivity contribution in [2.24, 2.45) is 0 Å². The first kappa shape index (κ1) is 28.4. The van der Waals surface area contributed by atoms with E-state index in [1.165, 1.54) is 82.8 Å². The van der Waals surface area contributed by atoms with Gasteiger partial charge in [0.25, 0.3) is 0 Å². The van der Waals surface area contributed by atoms with Gasteiger partial charge in [-0.1, -0.05) is 103 Å². The Morgan fingerprint density at radius 3 is 2.06 bits per heavy atom. The van der Waals surface area contributed by atoms with Gasteiger partial charge in [0, 0.05) is 30.7 Å². The van der Waals surface area contributed by atoms with Crippen LogP contribution in [0.15, 0.2) is 158 Å². The van der Waals surface area contributed by atoms with E-state index in [2.05, 4.69) is 150 Å². The molecule has 2 aliphatic carbocycles. The summed E-state index contributed by atoms with van der Waals surface area (Å²) in [5, 5.41) is 5.39. The van der Waals surface area contributed by atoms with Crippen LogP contribution in [-0.2, 0) is 6.42 Å². The van der Waals surface area contributed by atoms with Crippen molar-refractivity contribution in [2.75, 3.05) is 0 Å². The maximum absolute atomic E-state index is 4.28. The second-order valence-corrected chi connectivity index (χ2v) is 12.9. The lowest BCUT2D eigenvalue weighted by molar-refractivity contribution is 0.867. The number of rotatable bonds is 5. The highest BCUT2D eigenvalue weighted by Gasteiger charge is 2.21. The Morgan fingerprint density at radius 1 is 0.542 bits per heavy atom. The molecule has 2 heteroatoms. The second kappa shape index (κ2) is 12.1. The summed E-state index contributed by atoms with van der Waals surface area (Å²) in [6, 6.07) is 42.5. The number of aryl methyl sites for hydroxylation is 1. The predicted octanol–water partition coefficient (Wildman–Crippen LogP) is 11.7. The van der Waals surface area contributed by atoms with E-state index in [0.29, 0.717) is 0 Å². The largest absolute Gasteiger partial charge is 0.265 e. The van der Waals surface area contributed by atoms with Gasteiger partial charge >= 0.3 is 0 Å². The van der Waals surface area contributed by atoms with E-state index < -0.39 is 0 Å². The average molecular weight is 615 g/mol. The molecular weight excluding hydrogens is 581 g/mol. The molecule has 9 rings (SSSR count). The molecule has 0 bridgehead atoms. The molecule has 2 aliphatic rings.